The largest absolute Gasteiger partial charge is 0.373 e. The van der Waals surface area contributed by atoms with Gasteiger partial charge in [0.05, 0.1) is 0 Å². The van der Waals surface area contributed by atoms with Crippen LogP contribution in [-0.4, -0.2) is 19.4 Å². The van der Waals surface area contributed by atoms with Crippen LogP contribution >= 0.6 is 0 Å². The molecule has 2 heteroatoms. The molecule has 0 bridgehead atoms. The molecule has 0 amide bonds. The van der Waals surface area contributed by atoms with Crippen molar-refractivity contribution in [1.29, 1.82) is 0 Å². The van der Waals surface area contributed by atoms with Crippen molar-refractivity contribution < 1.29 is 4.79 Å². The predicted molar refractivity (Wildman–Crippen MR) is 77.7 cm³/mol. The average Bonchev–Trinajstić information content (AvgIpc) is 2.46. The molecule has 2 nitrogen and oxygen atoms in total. The quantitative estimate of drug-likeness (QED) is 0.817. The number of anilines is 1. The number of carbonyl (C=O) groups excluding carboxylic acids is 1. The van der Waals surface area contributed by atoms with E-state index in [1.54, 1.807) is 0 Å². The number of rotatable bonds is 2. The second kappa shape index (κ2) is 4.88. The van der Waals surface area contributed by atoms with E-state index in [1.807, 2.05) is 42.5 Å². The summed E-state index contributed by atoms with van der Waals surface area (Å²) >= 11 is 0. The molecule has 1 unspecified atom stereocenters. The van der Waals surface area contributed by atoms with E-state index in [4.69, 9.17) is 0 Å². The van der Waals surface area contributed by atoms with Crippen molar-refractivity contribution in [3.8, 4) is 0 Å². The van der Waals surface area contributed by atoms with E-state index in [0.717, 1.165) is 24.2 Å². The van der Waals surface area contributed by atoms with Gasteiger partial charge in [0.15, 0.2) is 5.78 Å². The maximum Gasteiger partial charge on any atom is 0.170 e. The summed E-state index contributed by atoms with van der Waals surface area (Å²) in [6.45, 7) is 0.796. The monoisotopic (exact) mass is 251 g/mol. The zero-order chi connectivity index (χ0) is 13.2. The maximum absolute atomic E-state index is 12.5. The lowest BCUT2D eigenvalue weighted by Crippen LogP contribution is -2.37. The van der Waals surface area contributed by atoms with Gasteiger partial charge in [0, 0.05) is 30.8 Å². The highest BCUT2D eigenvalue weighted by Crippen LogP contribution is 2.29. The molecule has 0 spiro atoms. The van der Waals surface area contributed by atoms with Crippen molar-refractivity contribution in [3.63, 3.8) is 0 Å². The molecule has 0 radical (unpaired) electrons. The van der Waals surface area contributed by atoms with Gasteiger partial charge < -0.3 is 4.90 Å². The Morgan fingerprint density at radius 1 is 1.05 bits per heavy atom. The van der Waals surface area contributed by atoms with Crippen molar-refractivity contribution in [1.82, 2.24) is 0 Å². The van der Waals surface area contributed by atoms with Crippen LogP contribution in [0.1, 0.15) is 15.9 Å². The molecule has 1 atom stereocenters. The van der Waals surface area contributed by atoms with Gasteiger partial charge in [-0.25, -0.2) is 0 Å². The molecule has 0 fully saturated rings. The molecular formula is C17H17NO. The van der Waals surface area contributed by atoms with Gasteiger partial charge in [0.1, 0.15) is 0 Å². The number of hydrogen-bond acceptors (Lipinski definition) is 2. The molecule has 1 aliphatic heterocycles. The fourth-order valence-electron chi connectivity index (χ4n) is 2.80. The van der Waals surface area contributed by atoms with E-state index in [-0.39, 0.29) is 11.7 Å². The minimum absolute atomic E-state index is 0.0577. The second-order valence-corrected chi connectivity index (χ2v) is 5.15. The topological polar surface area (TPSA) is 20.3 Å². The number of para-hydroxylation sites is 1. The number of hydrogen-bond donors (Lipinski definition) is 0. The molecule has 19 heavy (non-hydrogen) atoms. The Balaban J connectivity index is 1.88. The Kier molecular flexibility index (Phi) is 3.08. The number of fused-ring (bicyclic) bond motifs is 1. The van der Waals surface area contributed by atoms with Crippen molar-refractivity contribution in [2.45, 2.75) is 6.42 Å². The highest BCUT2D eigenvalue weighted by atomic mass is 16.1. The highest BCUT2D eigenvalue weighted by Gasteiger charge is 2.29. The first-order chi connectivity index (χ1) is 9.25. The van der Waals surface area contributed by atoms with Gasteiger partial charge in [0.25, 0.3) is 0 Å². The van der Waals surface area contributed by atoms with E-state index in [0.29, 0.717) is 0 Å². The van der Waals surface area contributed by atoms with E-state index in [1.165, 1.54) is 5.56 Å². The first-order valence-electron chi connectivity index (χ1n) is 6.64. The third-order valence-electron chi connectivity index (χ3n) is 3.77. The number of nitrogens with zero attached hydrogens (tertiary/aromatic N) is 1. The molecule has 1 aliphatic rings. The van der Waals surface area contributed by atoms with Crippen LogP contribution < -0.4 is 4.90 Å². The zero-order valence-electron chi connectivity index (χ0n) is 11.0. The number of Topliss-reactive ketones (excluding diaryl/α,β-unsaturated/α-hetero) is 1. The molecule has 3 rings (SSSR count). The Hall–Kier alpha value is -2.09. The van der Waals surface area contributed by atoms with Gasteiger partial charge in [-0.1, -0.05) is 42.5 Å². The normalized spacial score (nSPS) is 18.3. The lowest BCUT2D eigenvalue weighted by molar-refractivity contribution is 0.0916. The summed E-state index contributed by atoms with van der Waals surface area (Å²) in [5.74, 6) is 0.333. The smallest absolute Gasteiger partial charge is 0.170 e. The molecule has 0 aliphatic carbocycles. The average molecular weight is 251 g/mol. The first-order valence-corrected chi connectivity index (χ1v) is 6.64. The molecule has 0 saturated heterocycles. The van der Waals surface area contributed by atoms with Gasteiger partial charge in [-0.15, -0.1) is 0 Å². The van der Waals surface area contributed by atoms with Crippen LogP contribution in [0.5, 0.6) is 0 Å². The first kappa shape index (κ1) is 12.0. The maximum atomic E-state index is 12.5. The minimum atomic E-state index is 0.0577. The molecule has 1 heterocycles. The lowest BCUT2D eigenvalue weighted by Gasteiger charge is -2.32. The fourth-order valence-corrected chi connectivity index (χ4v) is 2.80. The van der Waals surface area contributed by atoms with E-state index >= 15 is 0 Å². The number of benzene rings is 2. The molecule has 0 aromatic heterocycles. The summed E-state index contributed by atoms with van der Waals surface area (Å²) in [4.78, 5) is 14.7. The molecular weight excluding hydrogens is 234 g/mol. The SMILES string of the molecule is CN1CC(Cc2ccccc2)C(=O)c2ccccc21. The van der Waals surface area contributed by atoms with E-state index < -0.39 is 0 Å². The van der Waals surface area contributed by atoms with Crippen LogP contribution in [-0.2, 0) is 6.42 Å². The highest BCUT2D eigenvalue weighted by molar-refractivity contribution is 6.04. The molecule has 2 aromatic rings. The van der Waals surface area contributed by atoms with Gasteiger partial charge in [-0.2, -0.15) is 0 Å². The van der Waals surface area contributed by atoms with Crippen LogP contribution in [0.25, 0.3) is 0 Å². The molecule has 0 saturated carbocycles. The molecule has 2 aromatic carbocycles. The predicted octanol–water partition coefficient (Wildman–Crippen LogP) is 3.18. The van der Waals surface area contributed by atoms with Gasteiger partial charge in [-0.05, 0) is 24.1 Å². The molecule has 96 valence electrons. The zero-order valence-corrected chi connectivity index (χ0v) is 11.0. The Morgan fingerprint density at radius 3 is 2.53 bits per heavy atom. The van der Waals surface area contributed by atoms with Gasteiger partial charge >= 0.3 is 0 Å². The summed E-state index contributed by atoms with van der Waals surface area (Å²) in [5.41, 5.74) is 3.14. The van der Waals surface area contributed by atoms with Crippen LogP contribution in [0.2, 0.25) is 0 Å². The van der Waals surface area contributed by atoms with Gasteiger partial charge in [-0.3, -0.25) is 4.79 Å². The van der Waals surface area contributed by atoms with Crippen LogP contribution in [0.15, 0.2) is 54.6 Å². The summed E-state index contributed by atoms with van der Waals surface area (Å²) in [6.07, 6.45) is 0.818. The number of ketones is 1. The van der Waals surface area contributed by atoms with Crippen molar-refractivity contribution >= 4 is 11.5 Å². The van der Waals surface area contributed by atoms with Crippen LogP contribution in [0, 0.1) is 5.92 Å². The minimum Gasteiger partial charge on any atom is -0.373 e. The summed E-state index contributed by atoms with van der Waals surface area (Å²) in [5, 5.41) is 0. The van der Waals surface area contributed by atoms with Crippen molar-refractivity contribution in [3.05, 3.63) is 65.7 Å². The van der Waals surface area contributed by atoms with Crippen LogP contribution in [0.3, 0.4) is 0 Å². The number of carbonyl (C=O) groups is 1. The third kappa shape index (κ3) is 2.26. The summed E-state index contributed by atoms with van der Waals surface area (Å²) in [7, 11) is 2.06. The van der Waals surface area contributed by atoms with Crippen LogP contribution in [0.4, 0.5) is 5.69 Å². The second-order valence-electron chi connectivity index (χ2n) is 5.15. The van der Waals surface area contributed by atoms with E-state index in [2.05, 4.69) is 24.1 Å². The lowest BCUT2D eigenvalue weighted by atomic mass is 9.87. The Bertz CT molecular complexity index is 591. The van der Waals surface area contributed by atoms with Gasteiger partial charge in [0.2, 0.25) is 0 Å². The fraction of sp³-hybridized carbons (Fsp3) is 0.235. The summed E-state index contributed by atoms with van der Waals surface area (Å²) < 4.78 is 0. The Labute approximate surface area is 113 Å². The third-order valence-corrected chi connectivity index (χ3v) is 3.77. The standard InChI is InChI=1S/C17H17NO/c1-18-12-14(11-13-7-3-2-4-8-13)17(19)15-9-5-6-10-16(15)18/h2-10,14H,11-12H2,1H3. The van der Waals surface area contributed by atoms with E-state index in [9.17, 15) is 4.79 Å². The Morgan fingerprint density at radius 2 is 1.74 bits per heavy atom. The van der Waals surface area contributed by atoms with Crippen molar-refractivity contribution in [2.24, 2.45) is 5.92 Å². The summed E-state index contributed by atoms with van der Waals surface area (Å²) in [6, 6.07) is 18.1. The van der Waals surface area contributed by atoms with Crippen molar-refractivity contribution in [2.75, 3.05) is 18.5 Å². The molecule has 0 N–H and O–H groups in total.